The van der Waals surface area contributed by atoms with Crippen molar-refractivity contribution in [3.05, 3.63) is 0 Å². The normalized spacial score (nSPS) is 18.4. The average Bonchev–Trinajstić information content (AvgIpc) is 2.77. The molecule has 1 rings (SSSR count). The van der Waals surface area contributed by atoms with Crippen molar-refractivity contribution in [2.75, 3.05) is 18.2 Å². The fourth-order valence-electron chi connectivity index (χ4n) is 1.64. The second kappa shape index (κ2) is 7.32. The van der Waals surface area contributed by atoms with E-state index in [1.165, 1.54) is 0 Å². The fourth-order valence-corrected chi connectivity index (χ4v) is 2.79. The van der Waals surface area contributed by atoms with Gasteiger partial charge in [-0.15, -0.1) is 11.8 Å². The molecule has 0 spiro atoms. The van der Waals surface area contributed by atoms with Crippen LogP contribution in [0.4, 0.5) is 0 Å². The number of nitrogens with zero attached hydrogens (tertiary/aromatic N) is 1. The third-order valence-electron chi connectivity index (χ3n) is 2.70. The van der Waals surface area contributed by atoms with Gasteiger partial charge < -0.3 is 10.2 Å². The number of rotatable bonds is 4. The highest BCUT2D eigenvalue weighted by molar-refractivity contribution is 7.99. The summed E-state index contributed by atoms with van der Waals surface area (Å²) in [6.45, 7) is 6.52. The van der Waals surface area contributed by atoms with Crippen molar-refractivity contribution in [3.8, 4) is 11.8 Å². The minimum absolute atomic E-state index is 0.0631. The van der Waals surface area contributed by atoms with Gasteiger partial charge in [-0.3, -0.25) is 9.59 Å². The second-order valence-corrected chi connectivity index (χ2v) is 5.64. The summed E-state index contributed by atoms with van der Waals surface area (Å²) < 4.78 is 0. The molecule has 1 atom stereocenters. The maximum absolute atomic E-state index is 12.0. The van der Waals surface area contributed by atoms with Crippen LogP contribution in [0.5, 0.6) is 0 Å². The highest BCUT2D eigenvalue weighted by Crippen LogP contribution is 2.20. The van der Waals surface area contributed by atoms with Crippen molar-refractivity contribution in [1.29, 1.82) is 0 Å². The third kappa shape index (κ3) is 4.26. The average molecular weight is 268 g/mol. The van der Waals surface area contributed by atoms with Crippen LogP contribution in [0.15, 0.2) is 0 Å². The topological polar surface area (TPSA) is 49.4 Å². The van der Waals surface area contributed by atoms with Gasteiger partial charge in [-0.2, -0.15) is 0 Å². The molecule has 1 fully saturated rings. The molecule has 0 radical (unpaired) electrons. The number of amides is 2. The first-order valence-corrected chi connectivity index (χ1v) is 7.30. The van der Waals surface area contributed by atoms with Crippen molar-refractivity contribution >= 4 is 23.6 Å². The van der Waals surface area contributed by atoms with Crippen LogP contribution in [0.1, 0.15) is 27.2 Å². The molecule has 0 saturated carbocycles. The van der Waals surface area contributed by atoms with Crippen LogP contribution in [0, 0.1) is 17.8 Å². The minimum Gasteiger partial charge on any atom is -0.354 e. The molecular formula is C13H20N2O2S. The molecule has 4 nitrogen and oxygen atoms in total. The number of carbonyl (C=O) groups is 2. The van der Waals surface area contributed by atoms with Crippen LogP contribution in [0.3, 0.4) is 0 Å². The van der Waals surface area contributed by atoms with Crippen LogP contribution < -0.4 is 5.32 Å². The monoisotopic (exact) mass is 268 g/mol. The van der Waals surface area contributed by atoms with E-state index in [-0.39, 0.29) is 17.9 Å². The Morgan fingerprint density at radius 2 is 2.22 bits per heavy atom. The second-order valence-electron chi connectivity index (χ2n) is 4.64. The lowest BCUT2D eigenvalue weighted by Crippen LogP contribution is -2.47. The SMILES string of the molecule is CC#CC(=O)N1CSCC1C(=O)NCCC(C)C. The minimum atomic E-state index is -0.365. The van der Waals surface area contributed by atoms with Crippen molar-refractivity contribution in [2.24, 2.45) is 5.92 Å². The van der Waals surface area contributed by atoms with Gasteiger partial charge in [0.15, 0.2) is 0 Å². The molecule has 100 valence electrons. The molecule has 0 bridgehead atoms. The first-order chi connectivity index (χ1) is 8.56. The Kier molecular flexibility index (Phi) is 6.06. The Balaban J connectivity index is 2.50. The summed E-state index contributed by atoms with van der Waals surface area (Å²) in [5, 5.41) is 2.89. The van der Waals surface area contributed by atoms with E-state index in [9.17, 15) is 9.59 Å². The molecule has 1 heterocycles. The first-order valence-electron chi connectivity index (χ1n) is 6.15. The highest BCUT2D eigenvalue weighted by atomic mass is 32.2. The molecule has 0 aromatic rings. The quantitative estimate of drug-likeness (QED) is 0.776. The van der Waals surface area contributed by atoms with Crippen molar-refractivity contribution in [3.63, 3.8) is 0 Å². The number of thioether (sulfide) groups is 1. The summed E-state index contributed by atoms with van der Waals surface area (Å²) in [4.78, 5) is 25.2. The molecule has 1 saturated heterocycles. The zero-order chi connectivity index (χ0) is 13.5. The molecule has 0 aromatic heterocycles. The van der Waals surface area contributed by atoms with E-state index in [0.717, 1.165) is 6.42 Å². The number of hydrogen-bond acceptors (Lipinski definition) is 3. The van der Waals surface area contributed by atoms with Gasteiger partial charge in [-0.05, 0) is 25.2 Å². The summed E-state index contributed by atoms with van der Waals surface area (Å²) in [6, 6.07) is -0.365. The van der Waals surface area contributed by atoms with Gasteiger partial charge in [-0.25, -0.2) is 0 Å². The maximum atomic E-state index is 12.0. The molecule has 2 amide bonds. The number of nitrogens with one attached hydrogen (secondary N) is 1. The standard InChI is InChI=1S/C13H20N2O2S/c1-4-5-12(16)15-9-18-8-11(15)13(17)14-7-6-10(2)3/h10-11H,6-9H2,1-3H3,(H,14,17). The van der Waals surface area contributed by atoms with Crippen LogP contribution in [-0.4, -0.2) is 40.9 Å². The van der Waals surface area contributed by atoms with Crippen molar-refractivity contribution < 1.29 is 9.59 Å². The number of carbonyl (C=O) groups excluding carboxylic acids is 2. The van der Waals surface area contributed by atoms with Crippen molar-refractivity contribution in [2.45, 2.75) is 33.2 Å². The summed E-state index contributed by atoms with van der Waals surface area (Å²) in [7, 11) is 0. The first kappa shape index (κ1) is 14.9. The Bertz CT molecular complexity index is 371. The van der Waals surface area contributed by atoms with E-state index in [0.29, 0.717) is 24.1 Å². The smallest absolute Gasteiger partial charge is 0.299 e. The van der Waals surface area contributed by atoms with Gasteiger partial charge in [0.25, 0.3) is 5.91 Å². The van der Waals surface area contributed by atoms with E-state index in [2.05, 4.69) is 31.0 Å². The Hall–Kier alpha value is -1.15. The lowest BCUT2D eigenvalue weighted by atomic mass is 10.1. The maximum Gasteiger partial charge on any atom is 0.299 e. The summed E-state index contributed by atoms with van der Waals surface area (Å²) in [6.07, 6.45) is 0.953. The van der Waals surface area contributed by atoms with Gasteiger partial charge in [0, 0.05) is 12.3 Å². The van der Waals surface area contributed by atoms with Crippen molar-refractivity contribution in [1.82, 2.24) is 10.2 Å². The molecule has 5 heteroatoms. The summed E-state index contributed by atoms with van der Waals surface area (Å²) in [5.41, 5.74) is 0. The van der Waals surface area contributed by atoms with Gasteiger partial charge >= 0.3 is 0 Å². The molecule has 1 unspecified atom stereocenters. The Labute approximate surface area is 113 Å². The van der Waals surface area contributed by atoms with Crippen LogP contribution in [0.25, 0.3) is 0 Å². The fraction of sp³-hybridized carbons (Fsp3) is 0.692. The van der Waals surface area contributed by atoms with Gasteiger partial charge in [0.2, 0.25) is 5.91 Å². The van der Waals surface area contributed by atoms with Gasteiger partial charge in [0.05, 0.1) is 5.88 Å². The van der Waals surface area contributed by atoms with Crippen LogP contribution >= 0.6 is 11.8 Å². The lowest BCUT2D eigenvalue weighted by molar-refractivity contribution is -0.134. The zero-order valence-electron chi connectivity index (χ0n) is 11.2. The molecular weight excluding hydrogens is 248 g/mol. The predicted octanol–water partition coefficient (Wildman–Crippen LogP) is 1.07. The van der Waals surface area contributed by atoms with E-state index >= 15 is 0 Å². The number of hydrogen-bond donors (Lipinski definition) is 1. The molecule has 18 heavy (non-hydrogen) atoms. The molecule has 0 aromatic carbocycles. The van der Waals surface area contributed by atoms with Crippen LogP contribution in [-0.2, 0) is 9.59 Å². The molecule has 0 aliphatic carbocycles. The summed E-state index contributed by atoms with van der Waals surface area (Å²) >= 11 is 1.59. The van der Waals surface area contributed by atoms with E-state index in [4.69, 9.17) is 0 Å². The summed E-state index contributed by atoms with van der Waals surface area (Å²) in [5.74, 6) is 6.52. The molecule has 1 aliphatic heterocycles. The largest absolute Gasteiger partial charge is 0.354 e. The molecule has 1 N–H and O–H groups in total. The third-order valence-corrected chi connectivity index (χ3v) is 3.71. The van der Waals surface area contributed by atoms with Gasteiger partial charge in [-0.1, -0.05) is 19.8 Å². The highest BCUT2D eigenvalue weighted by Gasteiger charge is 2.33. The lowest BCUT2D eigenvalue weighted by Gasteiger charge is -2.20. The zero-order valence-corrected chi connectivity index (χ0v) is 12.0. The predicted molar refractivity (Wildman–Crippen MR) is 73.9 cm³/mol. The van der Waals surface area contributed by atoms with E-state index < -0.39 is 0 Å². The van der Waals surface area contributed by atoms with E-state index in [1.807, 2.05) is 0 Å². The molecule has 1 aliphatic rings. The van der Waals surface area contributed by atoms with Gasteiger partial charge in [0.1, 0.15) is 6.04 Å². The Morgan fingerprint density at radius 3 is 2.83 bits per heavy atom. The van der Waals surface area contributed by atoms with E-state index in [1.54, 1.807) is 23.6 Å². The Morgan fingerprint density at radius 1 is 1.50 bits per heavy atom. The van der Waals surface area contributed by atoms with Crippen LogP contribution in [0.2, 0.25) is 0 Å².